The van der Waals surface area contributed by atoms with Crippen LogP contribution < -0.4 is 4.72 Å². The number of thiazole rings is 1. The van der Waals surface area contributed by atoms with E-state index in [9.17, 15) is 17.6 Å². The van der Waals surface area contributed by atoms with Crippen molar-refractivity contribution in [2.75, 3.05) is 0 Å². The number of nitrogens with zero attached hydrogens (tertiary/aromatic N) is 1. The van der Waals surface area contributed by atoms with Gasteiger partial charge in [0.2, 0.25) is 5.91 Å². The van der Waals surface area contributed by atoms with Gasteiger partial charge in [0.25, 0.3) is 10.0 Å². The molecule has 0 aliphatic rings. The monoisotopic (exact) mass is 376 g/mol. The van der Waals surface area contributed by atoms with Crippen molar-refractivity contribution < 1.29 is 17.6 Å². The smallest absolute Gasteiger partial charge is 0.264 e. The maximum absolute atomic E-state index is 13.3. The Hall–Kier alpha value is -2.58. The molecule has 3 rings (SSSR count). The number of amides is 1. The molecule has 1 N–H and O–H groups in total. The molecule has 0 saturated heterocycles. The lowest BCUT2D eigenvalue weighted by atomic mass is 10.2. The molecule has 1 aromatic heterocycles. The van der Waals surface area contributed by atoms with E-state index >= 15 is 0 Å². The van der Waals surface area contributed by atoms with Crippen LogP contribution in [-0.2, 0) is 21.2 Å². The molecule has 8 heteroatoms. The Bertz CT molecular complexity index is 1000. The number of benzene rings is 2. The lowest BCUT2D eigenvalue weighted by molar-refractivity contribution is -0.118. The van der Waals surface area contributed by atoms with E-state index in [2.05, 4.69) is 4.98 Å². The summed E-state index contributed by atoms with van der Waals surface area (Å²) in [5.74, 6) is -1.05. The average molecular weight is 376 g/mol. The van der Waals surface area contributed by atoms with Gasteiger partial charge in [0.1, 0.15) is 10.8 Å². The quantitative estimate of drug-likeness (QED) is 0.743. The minimum absolute atomic E-state index is 0.0158. The van der Waals surface area contributed by atoms with E-state index in [1.165, 1.54) is 35.6 Å². The first-order chi connectivity index (χ1) is 11.9. The van der Waals surface area contributed by atoms with Crippen molar-refractivity contribution >= 4 is 27.3 Å². The topological polar surface area (TPSA) is 76.1 Å². The van der Waals surface area contributed by atoms with Crippen LogP contribution in [0.4, 0.5) is 4.39 Å². The van der Waals surface area contributed by atoms with E-state index in [1.807, 2.05) is 4.72 Å². The van der Waals surface area contributed by atoms with Gasteiger partial charge in [0.05, 0.1) is 17.0 Å². The zero-order valence-electron chi connectivity index (χ0n) is 12.8. The molecule has 128 valence electrons. The number of nitrogens with one attached hydrogen (secondary N) is 1. The Morgan fingerprint density at radius 2 is 1.88 bits per heavy atom. The van der Waals surface area contributed by atoms with Gasteiger partial charge >= 0.3 is 0 Å². The van der Waals surface area contributed by atoms with Gasteiger partial charge in [-0.25, -0.2) is 22.5 Å². The van der Waals surface area contributed by atoms with Gasteiger partial charge in [0, 0.05) is 10.9 Å². The van der Waals surface area contributed by atoms with E-state index in [-0.39, 0.29) is 17.1 Å². The van der Waals surface area contributed by atoms with Crippen molar-refractivity contribution in [1.82, 2.24) is 9.71 Å². The molecular weight excluding hydrogens is 363 g/mol. The second kappa shape index (κ2) is 7.12. The lowest BCUT2D eigenvalue weighted by Gasteiger charge is -2.05. The summed E-state index contributed by atoms with van der Waals surface area (Å²) in [6, 6.07) is 13.6. The second-order valence-corrected chi connectivity index (χ2v) is 7.71. The largest absolute Gasteiger partial charge is 0.274 e. The van der Waals surface area contributed by atoms with Crippen LogP contribution in [0.15, 0.2) is 64.9 Å². The van der Waals surface area contributed by atoms with Crippen LogP contribution in [0.1, 0.15) is 5.69 Å². The number of carbonyl (C=O) groups is 1. The maximum Gasteiger partial charge on any atom is 0.264 e. The van der Waals surface area contributed by atoms with Gasteiger partial charge in [-0.3, -0.25) is 4.79 Å². The molecule has 0 radical (unpaired) electrons. The fourth-order valence-electron chi connectivity index (χ4n) is 2.15. The standard InChI is InChI=1S/C17H13FN2O3S2/c18-13-6-4-5-12(9-13)17-19-14(11-24-17)10-16(21)20-25(22,23)15-7-2-1-3-8-15/h1-9,11H,10H2,(H,20,21). The summed E-state index contributed by atoms with van der Waals surface area (Å²) in [6.07, 6.45) is -0.183. The minimum atomic E-state index is -3.90. The van der Waals surface area contributed by atoms with Crippen LogP contribution in [0, 0.1) is 5.82 Å². The summed E-state index contributed by atoms with van der Waals surface area (Å²) >= 11 is 1.26. The Morgan fingerprint density at radius 3 is 2.60 bits per heavy atom. The van der Waals surface area contributed by atoms with Crippen LogP contribution in [0.3, 0.4) is 0 Å². The van der Waals surface area contributed by atoms with Gasteiger partial charge in [-0.05, 0) is 24.3 Å². The number of sulfonamides is 1. The Labute approximate surface area is 148 Å². The van der Waals surface area contributed by atoms with Crippen molar-refractivity contribution in [2.45, 2.75) is 11.3 Å². The third-order valence-corrected chi connectivity index (χ3v) is 5.60. The number of hydrogen-bond acceptors (Lipinski definition) is 5. The summed E-state index contributed by atoms with van der Waals surface area (Å²) in [7, 11) is -3.90. The van der Waals surface area contributed by atoms with Crippen molar-refractivity contribution in [3.63, 3.8) is 0 Å². The summed E-state index contributed by atoms with van der Waals surface area (Å²) in [5, 5.41) is 2.21. The van der Waals surface area contributed by atoms with Gasteiger partial charge < -0.3 is 0 Å². The predicted octanol–water partition coefficient (Wildman–Crippen LogP) is 3.00. The highest BCUT2D eigenvalue weighted by atomic mass is 32.2. The molecule has 0 fully saturated rings. The Kier molecular flexibility index (Phi) is 4.91. The summed E-state index contributed by atoms with van der Waals surface area (Å²) in [6.45, 7) is 0. The molecule has 0 spiro atoms. The zero-order chi connectivity index (χ0) is 17.9. The van der Waals surface area contributed by atoms with Gasteiger partial charge in [-0.2, -0.15) is 0 Å². The lowest BCUT2D eigenvalue weighted by Crippen LogP contribution is -2.31. The number of aromatic nitrogens is 1. The number of halogens is 1. The molecule has 0 aliphatic carbocycles. The summed E-state index contributed by atoms with van der Waals surface area (Å²) in [5.41, 5.74) is 1.03. The van der Waals surface area contributed by atoms with E-state index in [0.29, 0.717) is 16.3 Å². The molecule has 0 aliphatic heterocycles. The average Bonchev–Trinajstić information content (AvgIpc) is 3.03. The van der Waals surface area contributed by atoms with Crippen molar-refractivity contribution in [1.29, 1.82) is 0 Å². The highest BCUT2D eigenvalue weighted by Crippen LogP contribution is 2.24. The van der Waals surface area contributed by atoms with Crippen LogP contribution in [0.2, 0.25) is 0 Å². The number of carbonyl (C=O) groups excluding carboxylic acids is 1. The van der Waals surface area contributed by atoms with Crippen LogP contribution in [0.25, 0.3) is 10.6 Å². The molecule has 0 saturated carbocycles. The highest BCUT2D eigenvalue weighted by molar-refractivity contribution is 7.90. The molecule has 2 aromatic carbocycles. The van der Waals surface area contributed by atoms with Crippen LogP contribution >= 0.6 is 11.3 Å². The zero-order valence-corrected chi connectivity index (χ0v) is 14.5. The molecule has 0 atom stereocenters. The summed E-state index contributed by atoms with van der Waals surface area (Å²) < 4.78 is 39.5. The van der Waals surface area contributed by atoms with Crippen LogP contribution in [0.5, 0.6) is 0 Å². The Balaban J connectivity index is 1.70. The van der Waals surface area contributed by atoms with E-state index in [1.54, 1.807) is 35.7 Å². The second-order valence-electron chi connectivity index (χ2n) is 5.17. The Morgan fingerprint density at radius 1 is 1.12 bits per heavy atom. The predicted molar refractivity (Wildman–Crippen MR) is 93.0 cm³/mol. The van der Waals surface area contributed by atoms with Gasteiger partial charge in [0.15, 0.2) is 0 Å². The molecule has 5 nitrogen and oxygen atoms in total. The van der Waals surface area contributed by atoms with Gasteiger partial charge in [-0.15, -0.1) is 11.3 Å². The first-order valence-electron chi connectivity index (χ1n) is 7.25. The molecule has 25 heavy (non-hydrogen) atoms. The third kappa shape index (κ3) is 4.28. The molecule has 1 amide bonds. The van der Waals surface area contributed by atoms with E-state index in [4.69, 9.17) is 0 Å². The number of hydrogen-bond donors (Lipinski definition) is 1. The van der Waals surface area contributed by atoms with Crippen molar-refractivity contribution in [2.24, 2.45) is 0 Å². The SMILES string of the molecule is O=C(Cc1csc(-c2cccc(F)c2)n1)NS(=O)(=O)c1ccccc1. The normalized spacial score (nSPS) is 11.2. The van der Waals surface area contributed by atoms with E-state index < -0.39 is 15.9 Å². The first kappa shape index (κ1) is 17.2. The fourth-order valence-corrected chi connectivity index (χ4v) is 3.97. The van der Waals surface area contributed by atoms with Crippen molar-refractivity contribution in [3.8, 4) is 10.6 Å². The number of rotatable bonds is 5. The maximum atomic E-state index is 13.3. The molecule has 3 aromatic rings. The minimum Gasteiger partial charge on any atom is -0.274 e. The van der Waals surface area contributed by atoms with E-state index in [0.717, 1.165) is 0 Å². The van der Waals surface area contributed by atoms with Crippen molar-refractivity contribution in [3.05, 3.63) is 71.5 Å². The molecule has 0 unspecified atom stereocenters. The summed E-state index contributed by atoms with van der Waals surface area (Å²) in [4.78, 5) is 16.3. The highest BCUT2D eigenvalue weighted by Gasteiger charge is 2.18. The third-order valence-electron chi connectivity index (χ3n) is 3.27. The van der Waals surface area contributed by atoms with Gasteiger partial charge in [-0.1, -0.05) is 30.3 Å². The molecule has 0 bridgehead atoms. The first-order valence-corrected chi connectivity index (χ1v) is 9.61. The molecule has 1 heterocycles. The van der Waals surface area contributed by atoms with Crippen LogP contribution in [-0.4, -0.2) is 19.3 Å². The fraction of sp³-hybridized carbons (Fsp3) is 0.0588. The molecular formula is C17H13FN2O3S2.